The normalized spacial score (nSPS) is 20.5. The predicted molar refractivity (Wildman–Crippen MR) is 58.0 cm³/mol. The van der Waals surface area contributed by atoms with E-state index < -0.39 is 0 Å². The number of aromatic nitrogens is 2. The summed E-state index contributed by atoms with van der Waals surface area (Å²) in [5.41, 5.74) is 1.77. The summed E-state index contributed by atoms with van der Waals surface area (Å²) in [6.07, 6.45) is 2.96. The van der Waals surface area contributed by atoms with Crippen LogP contribution in [-0.2, 0) is 0 Å². The smallest absolute Gasteiger partial charge is 0.235 e. The molecule has 4 nitrogen and oxygen atoms in total. The topological polar surface area (TPSA) is 47.0 Å². The second kappa shape index (κ2) is 4.57. The van der Waals surface area contributed by atoms with E-state index in [9.17, 15) is 0 Å². The quantitative estimate of drug-likeness (QED) is 0.805. The second-order valence-corrected chi connectivity index (χ2v) is 4.07. The molecule has 1 aromatic rings. The Hall–Kier alpha value is -1.16. The maximum atomic E-state index is 5.69. The highest BCUT2D eigenvalue weighted by molar-refractivity contribution is 5.17. The molecule has 1 unspecified atom stereocenters. The van der Waals surface area contributed by atoms with Gasteiger partial charge in [0.1, 0.15) is 0 Å². The Bertz CT molecular complexity index is 335. The minimum absolute atomic E-state index is 0.617. The highest BCUT2D eigenvalue weighted by atomic mass is 16.5. The summed E-state index contributed by atoms with van der Waals surface area (Å²) in [7, 11) is 0. The van der Waals surface area contributed by atoms with Gasteiger partial charge in [-0.05, 0) is 26.8 Å². The lowest BCUT2D eigenvalue weighted by molar-refractivity contribution is 0.247. The number of nitrogens with one attached hydrogen (secondary N) is 1. The molecule has 1 atom stereocenters. The summed E-state index contributed by atoms with van der Waals surface area (Å²) in [5, 5.41) is 3.32. The largest absolute Gasteiger partial charge is 0.476 e. The lowest BCUT2D eigenvalue weighted by Gasteiger charge is -2.11. The molecule has 82 valence electrons. The molecule has 1 N–H and O–H groups in total. The Balaban J connectivity index is 1.94. The SMILES string of the molecule is Cc1cnc(C)c(OCC2CCNC2)n1. The highest BCUT2D eigenvalue weighted by Crippen LogP contribution is 2.14. The van der Waals surface area contributed by atoms with Gasteiger partial charge in [-0.2, -0.15) is 0 Å². The zero-order valence-corrected chi connectivity index (χ0v) is 9.29. The van der Waals surface area contributed by atoms with Crippen LogP contribution >= 0.6 is 0 Å². The molecule has 2 heterocycles. The zero-order chi connectivity index (χ0) is 10.7. The van der Waals surface area contributed by atoms with Gasteiger partial charge in [0.15, 0.2) is 0 Å². The monoisotopic (exact) mass is 207 g/mol. The van der Waals surface area contributed by atoms with Crippen LogP contribution in [0.15, 0.2) is 6.20 Å². The number of hydrogen-bond acceptors (Lipinski definition) is 4. The fraction of sp³-hybridized carbons (Fsp3) is 0.636. The van der Waals surface area contributed by atoms with Crippen LogP contribution in [0.2, 0.25) is 0 Å². The van der Waals surface area contributed by atoms with E-state index in [1.165, 1.54) is 6.42 Å². The first kappa shape index (κ1) is 10.4. The van der Waals surface area contributed by atoms with Crippen molar-refractivity contribution in [2.75, 3.05) is 19.7 Å². The van der Waals surface area contributed by atoms with E-state index in [0.717, 1.165) is 31.1 Å². The zero-order valence-electron chi connectivity index (χ0n) is 9.29. The van der Waals surface area contributed by atoms with Gasteiger partial charge >= 0.3 is 0 Å². The average Bonchev–Trinajstić information content (AvgIpc) is 2.72. The van der Waals surface area contributed by atoms with Crippen LogP contribution in [0.4, 0.5) is 0 Å². The fourth-order valence-electron chi connectivity index (χ4n) is 1.71. The molecule has 0 spiro atoms. The van der Waals surface area contributed by atoms with Crippen molar-refractivity contribution in [2.24, 2.45) is 5.92 Å². The van der Waals surface area contributed by atoms with Crippen molar-refractivity contribution in [3.8, 4) is 5.88 Å². The van der Waals surface area contributed by atoms with Crippen molar-refractivity contribution >= 4 is 0 Å². The third-order valence-corrected chi connectivity index (χ3v) is 2.65. The van der Waals surface area contributed by atoms with Gasteiger partial charge in [0, 0.05) is 18.7 Å². The molecule has 0 aromatic carbocycles. The molecule has 1 aromatic heterocycles. The number of hydrogen-bond donors (Lipinski definition) is 1. The number of ether oxygens (including phenoxy) is 1. The first-order valence-electron chi connectivity index (χ1n) is 5.39. The van der Waals surface area contributed by atoms with E-state index in [0.29, 0.717) is 11.8 Å². The maximum absolute atomic E-state index is 5.69. The van der Waals surface area contributed by atoms with Crippen LogP contribution in [-0.4, -0.2) is 29.7 Å². The van der Waals surface area contributed by atoms with Crippen LogP contribution in [0.1, 0.15) is 17.8 Å². The Kier molecular flexibility index (Phi) is 3.16. The van der Waals surface area contributed by atoms with Gasteiger partial charge in [-0.15, -0.1) is 0 Å². The lowest BCUT2D eigenvalue weighted by atomic mass is 10.1. The molecule has 1 aliphatic rings. The van der Waals surface area contributed by atoms with E-state index >= 15 is 0 Å². The van der Waals surface area contributed by atoms with Crippen molar-refractivity contribution in [1.82, 2.24) is 15.3 Å². The fourth-order valence-corrected chi connectivity index (χ4v) is 1.71. The molecule has 0 radical (unpaired) electrons. The van der Waals surface area contributed by atoms with Gasteiger partial charge in [0.05, 0.1) is 18.0 Å². The van der Waals surface area contributed by atoms with Crippen molar-refractivity contribution < 1.29 is 4.74 Å². The molecular weight excluding hydrogens is 190 g/mol. The van der Waals surface area contributed by atoms with Gasteiger partial charge in [-0.25, -0.2) is 4.98 Å². The Morgan fingerprint density at radius 1 is 1.53 bits per heavy atom. The molecule has 1 aliphatic heterocycles. The maximum Gasteiger partial charge on any atom is 0.235 e. The van der Waals surface area contributed by atoms with Crippen LogP contribution in [0, 0.1) is 19.8 Å². The summed E-state index contributed by atoms with van der Waals surface area (Å²) < 4.78 is 5.69. The third kappa shape index (κ3) is 2.65. The predicted octanol–water partition coefficient (Wildman–Crippen LogP) is 1.08. The van der Waals surface area contributed by atoms with Crippen molar-refractivity contribution in [2.45, 2.75) is 20.3 Å². The van der Waals surface area contributed by atoms with Crippen molar-refractivity contribution in [1.29, 1.82) is 0 Å². The van der Waals surface area contributed by atoms with Crippen LogP contribution in [0.5, 0.6) is 5.88 Å². The molecule has 0 aliphatic carbocycles. The van der Waals surface area contributed by atoms with E-state index in [2.05, 4.69) is 15.3 Å². The number of nitrogens with zero attached hydrogens (tertiary/aromatic N) is 2. The number of aryl methyl sites for hydroxylation is 2. The third-order valence-electron chi connectivity index (χ3n) is 2.65. The van der Waals surface area contributed by atoms with Gasteiger partial charge in [0.2, 0.25) is 5.88 Å². The summed E-state index contributed by atoms with van der Waals surface area (Å²) in [4.78, 5) is 8.55. The van der Waals surface area contributed by atoms with Crippen molar-refractivity contribution in [3.05, 3.63) is 17.6 Å². The average molecular weight is 207 g/mol. The molecule has 2 rings (SSSR count). The van der Waals surface area contributed by atoms with Gasteiger partial charge in [-0.1, -0.05) is 0 Å². The van der Waals surface area contributed by atoms with Crippen LogP contribution in [0.3, 0.4) is 0 Å². The Labute approximate surface area is 90.1 Å². The van der Waals surface area contributed by atoms with E-state index in [1.807, 2.05) is 13.8 Å². The highest BCUT2D eigenvalue weighted by Gasteiger charge is 2.15. The molecule has 1 fully saturated rings. The van der Waals surface area contributed by atoms with E-state index in [-0.39, 0.29) is 0 Å². The summed E-state index contributed by atoms with van der Waals surface area (Å²) in [6.45, 7) is 6.75. The standard InChI is InChI=1S/C11H17N3O/c1-8-5-13-9(2)11(14-8)15-7-10-3-4-12-6-10/h5,10,12H,3-4,6-7H2,1-2H3. The van der Waals surface area contributed by atoms with Crippen molar-refractivity contribution in [3.63, 3.8) is 0 Å². The minimum atomic E-state index is 0.617. The van der Waals surface area contributed by atoms with Crippen LogP contribution in [0.25, 0.3) is 0 Å². The first-order valence-corrected chi connectivity index (χ1v) is 5.39. The molecule has 15 heavy (non-hydrogen) atoms. The van der Waals surface area contributed by atoms with E-state index in [1.54, 1.807) is 6.20 Å². The summed E-state index contributed by atoms with van der Waals surface area (Å²) in [6, 6.07) is 0. The molecule has 4 heteroatoms. The lowest BCUT2D eigenvalue weighted by Crippen LogP contribution is -2.16. The Morgan fingerprint density at radius 2 is 2.40 bits per heavy atom. The Morgan fingerprint density at radius 3 is 3.13 bits per heavy atom. The summed E-state index contributed by atoms with van der Waals surface area (Å²) in [5.74, 6) is 1.30. The van der Waals surface area contributed by atoms with E-state index in [4.69, 9.17) is 4.74 Å². The summed E-state index contributed by atoms with van der Waals surface area (Å²) >= 11 is 0. The molecular formula is C11H17N3O. The minimum Gasteiger partial charge on any atom is -0.476 e. The molecule has 1 saturated heterocycles. The number of rotatable bonds is 3. The van der Waals surface area contributed by atoms with Crippen LogP contribution < -0.4 is 10.1 Å². The molecule has 0 bridgehead atoms. The first-order chi connectivity index (χ1) is 7.25. The van der Waals surface area contributed by atoms with Gasteiger partial charge in [0.25, 0.3) is 0 Å². The molecule has 0 saturated carbocycles. The second-order valence-electron chi connectivity index (χ2n) is 4.07. The van der Waals surface area contributed by atoms with Gasteiger partial charge < -0.3 is 10.1 Å². The molecule has 0 amide bonds. The van der Waals surface area contributed by atoms with Gasteiger partial charge in [-0.3, -0.25) is 4.98 Å².